The smallest absolute Gasteiger partial charge is 0.387 e. The normalized spacial score (nSPS) is 12.2. The van der Waals surface area contributed by atoms with Gasteiger partial charge in [-0.15, -0.1) is 0 Å². The second-order valence-electron chi connectivity index (χ2n) is 4.22. The van der Waals surface area contributed by atoms with Crippen molar-refractivity contribution < 1.29 is 23.4 Å². The van der Waals surface area contributed by atoms with Gasteiger partial charge in [0.05, 0.1) is 18.9 Å². The van der Waals surface area contributed by atoms with E-state index in [1.165, 1.54) is 31.6 Å². The molecule has 5 nitrogen and oxygen atoms in total. The van der Waals surface area contributed by atoms with Gasteiger partial charge in [-0.2, -0.15) is 8.78 Å². The molecule has 2 aromatic rings. The fraction of sp³-hybridized carbons (Fsp3) is 0.286. The Morgan fingerprint density at radius 2 is 2.05 bits per heavy atom. The van der Waals surface area contributed by atoms with Crippen LogP contribution in [-0.4, -0.2) is 28.8 Å². The van der Waals surface area contributed by atoms with Crippen molar-refractivity contribution in [3.63, 3.8) is 0 Å². The van der Waals surface area contributed by atoms with E-state index in [2.05, 4.69) is 14.7 Å². The summed E-state index contributed by atoms with van der Waals surface area (Å²) >= 11 is 0. The molecule has 1 unspecified atom stereocenters. The van der Waals surface area contributed by atoms with Gasteiger partial charge in [0, 0.05) is 12.5 Å². The molecule has 1 N–H and O–H groups in total. The molecule has 1 aromatic heterocycles. The molecule has 0 spiro atoms. The number of aliphatic hydroxyl groups is 1. The van der Waals surface area contributed by atoms with Crippen LogP contribution >= 0.6 is 0 Å². The Kier molecular flexibility index (Phi) is 4.99. The number of hydrogen-bond donors (Lipinski definition) is 1. The molecule has 1 heterocycles. The highest BCUT2D eigenvalue weighted by Gasteiger charge is 2.12. The Hall–Kier alpha value is -2.28. The molecular weight excluding hydrogens is 282 g/mol. The van der Waals surface area contributed by atoms with Crippen LogP contribution in [0.15, 0.2) is 36.7 Å². The molecule has 0 amide bonds. The zero-order valence-corrected chi connectivity index (χ0v) is 11.2. The van der Waals surface area contributed by atoms with Gasteiger partial charge in [0.1, 0.15) is 12.1 Å². The summed E-state index contributed by atoms with van der Waals surface area (Å²) in [6, 6.07) is 7.53. The van der Waals surface area contributed by atoms with Gasteiger partial charge in [0.2, 0.25) is 5.88 Å². The fourth-order valence-electron chi connectivity index (χ4n) is 1.81. The summed E-state index contributed by atoms with van der Waals surface area (Å²) in [5.41, 5.74) is 1.04. The molecule has 0 radical (unpaired) electrons. The van der Waals surface area contributed by atoms with Crippen molar-refractivity contribution in [2.75, 3.05) is 7.11 Å². The summed E-state index contributed by atoms with van der Waals surface area (Å²) in [5.74, 6) is 0.392. The number of aromatic nitrogens is 2. The lowest BCUT2D eigenvalue weighted by atomic mass is 10.0. The summed E-state index contributed by atoms with van der Waals surface area (Å²) in [5, 5.41) is 10.2. The SMILES string of the molecule is COc1cc(CC(O)c2cccc(OC(F)F)c2)ncn1. The Morgan fingerprint density at radius 3 is 2.76 bits per heavy atom. The number of aliphatic hydroxyl groups excluding tert-OH is 1. The maximum atomic E-state index is 12.2. The van der Waals surface area contributed by atoms with Crippen LogP contribution in [0.1, 0.15) is 17.4 Å². The van der Waals surface area contributed by atoms with Gasteiger partial charge >= 0.3 is 6.61 Å². The molecule has 0 bridgehead atoms. The molecule has 112 valence electrons. The number of nitrogens with zero attached hydrogens (tertiary/aromatic N) is 2. The van der Waals surface area contributed by atoms with E-state index in [9.17, 15) is 13.9 Å². The van der Waals surface area contributed by atoms with Crippen molar-refractivity contribution in [1.82, 2.24) is 9.97 Å². The number of hydrogen-bond acceptors (Lipinski definition) is 5. The molecule has 1 aromatic carbocycles. The Labute approximate surface area is 120 Å². The third-order valence-corrected chi connectivity index (χ3v) is 2.78. The van der Waals surface area contributed by atoms with Crippen molar-refractivity contribution >= 4 is 0 Å². The second kappa shape index (κ2) is 6.94. The first kappa shape index (κ1) is 15.1. The lowest BCUT2D eigenvalue weighted by Gasteiger charge is -2.12. The van der Waals surface area contributed by atoms with E-state index >= 15 is 0 Å². The number of alkyl halides is 2. The monoisotopic (exact) mass is 296 g/mol. The van der Waals surface area contributed by atoms with Crippen molar-refractivity contribution in [2.45, 2.75) is 19.1 Å². The van der Waals surface area contributed by atoms with E-state index in [4.69, 9.17) is 4.74 Å². The first-order valence-electron chi connectivity index (χ1n) is 6.16. The molecule has 7 heteroatoms. The Morgan fingerprint density at radius 1 is 1.24 bits per heavy atom. The zero-order valence-electron chi connectivity index (χ0n) is 11.2. The average Bonchev–Trinajstić information content (AvgIpc) is 2.47. The molecule has 0 aliphatic rings. The summed E-state index contributed by atoms with van der Waals surface area (Å²) in [6.45, 7) is -2.90. The topological polar surface area (TPSA) is 64.5 Å². The van der Waals surface area contributed by atoms with Crippen LogP contribution in [0.4, 0.5) is 8.78 Å². The maximum Gasteiger partial charge on any atom is 0.387 e. The predicted octanol–water partition coefficient (Wildman–Crippen LogP) is 2.36. The molecule has 2 rings (SSSR count). The highest BCUT2D eigenvalue weighted by atomic mass is 19.3. The van der Waals surface area contributed by atoms with E-state index in [1.54, 1.807) is 12.1 Å². The van der Waals surface area contributed by atoms with Crippen molar-refractivity contribution in [3.05, 3.63) is 47.9 Å². The van der Waals surface area contributed by atoms with E-state index in [-0.39, 0.29) is 12.2 Å². The lowest BCUT2D eigenvalue weighted by molar-refractivity contribution is -0.0499. The fourth-order valence-corrected chi connectivity index (χ4v) is 1.81. The van der Waals surface area contributed by atoms with Gasteiger partial charge in [-0.25, -0.2) is 9.97 Å². The second-order valence-corrected chi connectivity index (χ2v) is 4.22. The molecule has 0 saturated heterocycles. The van der Waals surface area contributed by atoms with Gasteiger partial charge in [-0.1, -0.05) is 12.1 Å². The summed E-state index contributed by atoms with van der Waals surface area (Å²) in [6.07, 6.45) is 0.639. The average molecular weight is 296 g/mol. The lowest BCUT2D eigenvalue weighted by Crippen LogP contribution is -2.06. The Bertz CT molecular complexity index is 596. The third kappa shape index (κ3) is 4.35. The number of methoxy groups -OCH3 is 1. The minimum absolute atomic E-state index is 0.00168. The maximum absolute atomic E-state index is 12.2. The van der Waals surface area contributed by atoms with E-state index in [1.807, 2.05) is 0 Å². The largest absolute Gasteiger partial charge is 0.481 e. The first-order chi connectivity index (χ1) is 10.1. The molecular formula is C14H14F2N2O3. The highest BCUT2D eigenvalue weighted by Crippen LogP contribution is 2.23. The molecule has 0 saturated carbocycles. The standard InChI is InChI=1S/C14H14F2N2O3/c1-20-13-7-10(17-8-18-13)6-12(19)9-3-2-4-11(5-9)21-14(15)16/h2-5,7-8,12,14,19H,6H2,1H3. The highest BCUT2D eigenvalue weighted by molar-refractivity contribution is 5.30. The minimum atomic E-state index is -2.90. The summed E-state index contributed by atoms with van der Waals surface area (Å²) < 4.78 is 33.6. The number of benzene rings is 1. The molecule has 0 aliphatic carbocycles. The van der Waals surface area contributed by atoms with E-state index in [0.717, 1.165) is 0 Å². The van der Waals surface area contributed by atoms with Crippen LogP contribution in [0.25, 0.3) is 0 Å². The van der Waals surface area contributed by atoms with Crippen molar-refractivity contribution in [3.8, 4) is 11.6 Å². The van der Waals surface area contributed by atoms with Gasteiger partial charge in [-0.05, 0) is 17.7 Å². The number of halogens is 2. The first-order valence-corrected chi connectivity index (χ1v) is 6.16. The van der Waals surface area contributed by atoms with E-state index in [0.29, 0.717) is 17.1 Å². The quantitative estimate of drug-likeness (QED) is 0.886. The van der Waals surface area contributed by atoms with Gasteiger partial charge in [-0.3, -0.25) is 0 Å². The van der Waals surface area contributed by atoms with Crippen LogP contribution in [-0.2, 0) is 6.42 Å². The zero-order chi connectivity index (χ0) is 15.2. The van der Waals surface area contributed by atoms with Crippen molar-refractivity contribution in [2.24, 2.45) is 0 Å². The van der Waals surface area contributed by atoms with Crippen LogP contribution in [0.2, 0.25) is 0 Å². The van der Waals surface area contributed by atoms with Gasteiger partial charge < -0.3 is 14.6 Å². The molecule has 0 fully saturated rings. The predicted molar refractivity (Wildman–Crippen MR) is 70.3 cm³/mol. The van der Waals surface area contributed by atoms with Gasteiger partial charge in [0.15, 0.2) is 0 Å². The van der Waals surface area contributed by atoms with Crippen LogP contribution in [0.3, 0.4) is 0 Å². The van der Waals surface area contributed by atoms with Crippen molar-refractivity contribution in [1.29, 1.82) is 0 Å². The van der Waals surface area contributed by atoms with Crippen LogP contribution < -0.4 is 9.47 Å². The summed E-state index contributed by atoms with van der Waals surface area (Å²) in [4.78, 5) is 7.89. The number of rotatable bonds is 6. The number of ether oxygens (including phenoxy) is 2. The Balaban J connectivity index is 2.10. The van der Waals surface area contributed by atoms with Crippen LogP contribution in [0, 0.1) is 0 Å². The summed E-state index contributed by atoms with van der Waals surface area (Å²) in [7, 11) is 1.48. The third-order valence-electron chi connectivity index (χ3n) is 2.78. The molecule has 21 heavy (non-hydrogen) atoms. The molecule has 0 aliphatic heterocycles. The molecule has 1 atom stereocenters. The van der Waals surface area contributed by atoms with Crippen LogP contribution in [0.5, 0.6) is 11.6 Å². The minimum Gasteiger partial charge on any atom is -0.481 e. The van der Waals surface area contributed by atoms with E-state index < -0.39 is 12.7 Å². The van der Waals surface area contributed by atoms with Gasteiger partial charge in [0.25, 0.3) is 0 Å².